The summed E-state index contributed by atoms with van der Waals surface area (Å²) in [5.41, 5.74) is 1.77. The molecule has 3 amide bonds. The Morgan fingerprint density at radius 1 is 1.24 bits per heavy atom. The van der Waals surface area contributed by atoms with Crippen molar-refractivity contribution in [1.29, 1.82) is 0 Å². The number of benzene rings is 1. The van der Waals surface area contributed by atoms with E-state index < -0.39 is 17.4 Å². The van der Waals surface area contributed by atoms with Crippen molar-refractivity contribution in [3.8, 4) is 0 Å². The Morgan fingerprint density at radius 3 is 2.67 bits per heavy atom. The van der Waals surface area contributed by atoms with Crippen LogP contribution in [0.5, 0.6) is 0 Å². The minimum atomic E-state index is -0.547. The van der Waals surface area contributed by atoms with Gasteiger partial charge in [0, 0.05) is 31.4 Å². The van der Waals surface area contributed by atoms with E-state index in [0.29, 0.717) is 25.3 Å². The smallest absolute Gasteiger partial charge is 0.410 e. The predicted octanol–water partition coefficient (Wildman–Crippen LogP) is 4.61. The van der Waals surface area contributed by atoms with Crippen molar-refractivity contribution in [2.75, 3.05) is 30.8 Å². The lowest BCUT2D eigenvalue weighted by Gasteiger charge is -2.26. The number of halogens is 1. The van der Waals surface area contributed by atoms with Gasteiger partial charge in [0.2, 0.25) is 0 Å². The lowest BCUT2D eigenvalue weighted by molar-refractivity contribution is 0.0282. The third-order valence-electron chi connectivity index (χ3n) is 5.32. The van der Waals surface area contributed by atoms with Crippen molar-refractivity contribution >= 4 is 23.5 Å². The summed E-state index contributed by atoms with van der Waals surface area (Å²) in [4.78, 5) is 32.6. The molecule has 1 saturated heterocycles. The van der Waals surface area contributed by atoms with E-state index >= 15 is 0 Å². The Morgan fingerprint density at radius 2 is 2.00 bits per heavy atom. The van der Waals surface area contributed by atoms with Crippen molar-refractivity contribution in [3.05, 3.63) is 53.6 Å². The monoisotopic (exact) mass is 457 g/mol. The predicted molar refractivity (Wildman–Crippen MR) is 126 cm³/mol. The minimum Gasteiger partial charge on any atom is -0.444 e. The zero-order valence-electron chi connectivity index (χ0n) is 19.8. The van der Waals surface area contributed by atoms with E-state index in [1.165, 1.54) is 6.07 Å². The first-order valence-electron chi connectivity index (χ1n) is 11.0. The van der Waals surface area contributed by atoms with Crippen LogP contribution in [-0.2, 0) is 11.3 Å². The van der Waals surface area contributed by atoms with Gasteiger partial charge in [0.25, 0.3) is 0 Å². The minimum absolute atomic E-state index is 0.0975. The zero-order chi connectivity index (χ0) is 24.2. The molecule has 8 nitrogen and oxygen atoms in total. The number of aromatic nitrogens is 1. The number of likely N-dealkylation sites (tertiary alicyclic amines) is 1. The van der Waals surface area contributed by atoms with E-state index in [-0.39, 0.29) is 17.8 Å². The lowest BCUT2D eigenvalue weighted by atomic mass is 10.1. The summed E-state index contributed by atoms with van der Waals surface area (Å²) < 4.78 is 19.8. The standard InChI is InChI=1S/C24H32FN5O3/c1-16-6-8-18(13-26-16)27-22(31)28-21-12-17(7-9-20(21)25)14-29(5)19-10-11-30(15-19)23(32)33-24(2,3)4/h6-9,12-13,19H,10-11,14-15H2,1-5H3,(H2,27,28,31)/t19-/m1/s1. The highest BCUT2D eigenvalue weighted by Crippen LogP contribution is 2.22. The molecule has 0 aliphatic carbocycles. The van der Waals surface area contributed by atoms with Gasteiger partial charge in [-0.3, -0.25) is 9.88 Å². The van der Waals surface area contributed by atoms with Gasteiger partial charge in [-0.25, -0.2) is 14.0 Å². The number of ether oxygens (including phenoxy) is 1. The first kappa shape index (κ1) is 24.4. The van der Waals surface area contributed by atoms with Crippen LogP contribution >= 0.6 is 0 Å². The Bertz CT molecular complexity index is 991. The van der Waals surface area contributed by atoms with Crippen LogP contribution in [0.4, 0.5) is 25.4 Å². The molecule has 1 aliphatic heterocycles. The van der Waals surface area contributed by atoms with E-state index in [0.717, 1.165) is 17.7 Å². The summed E-state index contributed by atoms with van der Waals surface area (Å²) in [6.07, 6.45) is 2.06. The third-order valence-corrected chi connectivity index (χ3v) is 5.32. The molecular weight excluding hydrogens is 425 g/mol. The van der Waals surface area contributed by atoms with Crippen LogP contribution in [0, 0.1) is 12.7 Å². The molecule has 1 aromatic carbocycles. The van der Waals surface area contributed by atoms with Crippen LogP contribution in [0.1, 0.15) is 38.4 Å². The van der Waals surface area contributed by atoms with E-state index in [2.05, 4.69) is 20.5 Å². The first-order valence-corrected chi connectivity index (χ1v) is 11.0. The Labute approximate surface area is 194 Å². The number of likely N-dealkylation sites (N-methyl/N-ethyl adjacent to an activating group) is 1. The van der Waals surface area contributed by atoms with E-state index in [4.69, 9.17) is 4.74 Å². The molecule has 0 spiro atoms. The maximum Gasteiger partial charge on any atom is 0.410 e. The molecule has 0 radical (unpaired) electrons. The number of urea groups is 1. The van der Waals surface area contributed by atoms with Gasteiger partial charge in [0.15, 0.2) is 0 Å². The van der Waals surface area contributed by atoms with E-state index in [9.17, 15) is 14.0 Å². The number of nitrogens with one attached hydrogen (secondary N) is 2. The molecule has 3 rings (SSSR count). The fourth-order valence-corrected chi connectivity index (χ4v) is 3.60. The summed E-state index contributed by atoms with van der Waals surface area (Å²) in [5.74, 6) is -0.518. The summed E-state index contributed by atoms with van der Waals surface area (Å²) in [6, 6.07) is 7.78. The summed E-state index contributed by atoms with van der Waals surface area (Å²) in [6.45, 7) is 9.15. The Balaban J connectivity index is 1.57. The topological polar surface area (TPSA) is 86.8 Å². The molecule has 1 fully saturated rings. The summed E-state index contributed by atoms with van der Waals surface area (Å²) in [7, 11) is 1.97. The maximum atomic E-state index is 14.3. The third kappa shape index (κ3) is 7.15. The molecule has 0 saturated carbocycles. The van der Waals surface area contributed by atoms with Crippen LogP contribution in [0.25, 0.3) is 0 Å². The van der Waals surface area contributed by atoms with Gasteiger partial charge in [-0.1, -0.05) is 6.07 Å². The Kier molecular flexibility index (Phi) is 7.53. The van der Waals surface area contributed by atoms with Gasteiger partial charge in [-0.15, -0.1) is 0 Å². The second-order valence-corrected chi connectivity index (χ2v) is 9.37. The fraction of sp³-hybridized carbons (Fsp3) is 0.458. The number of carbonyl (C=O) groups is 2. The van der Waals surface area contributed by atoms with Crippen molar-refractivity contribution in [1.82, 2.24) is 14.8 Å². The number of amides is 3. The second kappa shape index (κ2) is 10.2. The molecule has 178 valence electrons. The highest BCUT2D eigenvalue weighted by molar-refractivity contribution is 5.99. The van der Waals surface area contributed by atoms with Gasteiger partial charge in [0.05, 0.1) is 17.6 Å². The van der Waals surface area contributed by atoms with Crippen molar-refractivity contribution in [2.45, 2.75) is 52.3 Å². The van der Waals surface area contributed by atoms with Crippen LogP contribution in [0.2, 0.25) is 0 Å². The van der Waals surface area contributed by atoms with Crippen molar-refractivity contribution in [2.24, 2.45) is 0 Å². The number of anilines is 2. The van der Waals surface area contributed by atoms with Crippen molar-refractivity contribution < 1.29 is 18.7 Å². The largest absolute Gasteiger partial charge is 0.444 e. The second-order valence-electron chi connectivity index (χ2n) is 9.37. The molecule has 2 aromatic rings. The van der Waals surface area contributed by atoms with Crippen LogP contribution in [0.3, 0.4) is 0 Å². The van der Waals surface area contributed by atoms with Crippen molar-refractivity contribution in [3.63, 3.8) is 0 Å². The SMILES string of the molecule is Cc1ccc(NC(=O)Nc2cc(CN(C)[C@@H]3CCN(C(=O)OC(C)(C)C)C3)ccc2F)cn1. The molecule has 0 bridgehead atoms. The fourth-order valence-electron chi connectivity index (χ4n) is 3.60. The number of pyridine rings is 1. The zero-order valence-corrected chi connectivity index (χ0v) is 19.8. The number of nitrogens with zero attached hydrogens (tertiary/aromatic N) is 3. The number of aryl methyl sites for hydroxylation is 1. The number of hydrogen-bond donors (Lipinski definition) is 2. The molecule has 1 atom stereocenters. The van der Waals surface area contributed by atoms with Gasteiger partial charge in [-0.05, 0) is 71.0 Å². The molecule has 1 aromatic heterocycles. The average molecular weight is 458 g/mol. The Hall–Kier alpha value is -3.20. The average Bonchev–Trinajstić information content (AvgIpc) is 3.22. The van der Waals surface area contributed by atoms with Gasteiger partial charge < -0.3 is 20.3 Å². The highest BCUT2D eigenvalue weighted by atomic mass is 19.1. The summed E-state index contributed by atoms with van der Waals surface area (Å²) in [5, 5.41) is 5.20. The van der Waals surface area contributed by atoms with E-state index in [1.807, 2.05) is 34.7 Å². The normalized spacial score (nSPS) is 16.1. The highest BCUT2D eigenvalue weighted by Gasteiger charge is 2.31. The number of hydrogen-bond acceptors (Lipinski definition) is 5. The van der Waals surface area contributed by atoms with Gasteiger partial charge in [-0.2, -0.15) is 0 Å². The molecule has 33 heavy (non-hydrogen) atoms. The van der Waals surface area contributed by atoms with Crippen LogP contribution in [0.15, 0.2) is 36.5 Å². The molecule has 2 N–H and O–H groups in total. The molecule has 2 heterocycles. The van der Waals surface area contributed by atoms with Gasteiger partial charge >= 0.3 is 12.1 Å². The van der Waals surface area contributed by atoms with Gasteiger partial charge in [0.1, 0.15) is 11.4 Å². The maximum absolute atomic E-state index is 14.3. The first-order chi connectivity index (χ1) is 15.5. The molecule has 9 heteroatoms. The number of carbonyl (C=O) groups excluding carboxylic acids is 2. The number of rotatable bonds is 5. The summed E-state index contributed by atoms with van der Waals surface area (Å²) >= 11 is 0. The molecule has 0 unspecified atom stereocenters. The lowest BCUT2D eigenvalue weighted by Crippen LogP contribution is -2.38. The van der Waals surface area contributed by atoms with Crippen LogP contribution in [-0.4, -0.2) is 58.7 Å². The quantitative estimate of drug-likeness (QED) is 0.685. The molecular formula is C24H32FN5O3. The van der Waals surface area contributed by atoms with Crippen LogP contribution < -0.4 is 10.6 Å². The molecule has 1 aliphatic rings. The van der Waals surface area contributed by atoms with E-state index in [1.54, 1.807) is 35.4 Å².